The van der Waals surface area contributed by atoms with Crippen LogP contribution in [-0.4, -0.2) is 54.7 Å². The highest BCUT2D eigenvalue weighted by Gasteiger charge is 2.32. The Morgan fingerprint density at radius 3 is 2.36 bits per heavy atom. The van der Waals surface area contributed by atoms with E-state index < -0.39 is 10.0 Å². The summed E-state index contributed by atoms with van der Waals surface area (Å²) >= 11 is 13.4. The van der Waals surface area contributed by atoms with Gasteiger partial charge in [-0.3, -0.25) is 4.79 Å². The number of sulfonamides is 1. The molecule has 0 spiro atoms. The van der Waals surface area contributed by atoms with Crippen molar-refractivity contribution in [3.8, 4) is 0 Å². The molecule has 0 aliphatic carbocycles. The Balaban J connectivity index is 1.71. The fraction of sp³-hybridized carbons (Fsp3) is 0.444. The molecule has 1 saturated heterocycles. The van der Waals surface area contributed by atoms with Crippen LogP contribution in [0.3, 0.4) is 0 Å². The number of amides is 1. The van der Waals surface area contributed by atoms with Gasteiger partial charge in [-0.25, -0.2) is 13.4 Å². The van der Waals surface area contributed by atoms with Gasteiger partial charge >= 0.3 is 0 Å². The number of hydrogen-bond acceptors (Lipinski definition) is 5. The van der Waals surface area contributed by atoms with E-state index in [4.69, 9.17) is 23.2 Å². The van der Waals surface area contributed by atoms with Crippen LogP contribution in [0.25, 0.3) is 0 Å². The average Bonchev–Trinajstić information content (AvgIpc) is 3.13. The van der Waals surface area contributed by atoms with E-state index in [9.17, 15) is 13.2 Å². The Kier molecular flexibility index (Phi) is 6.08. The molecule has 1 amide bonds. The van der Waals surface area contributed by atoms with Crippen molar-refractivity contribution in [1.29, 1.82) is 0 Å². The minimum atomic E-state index is -3.77. The van der Waals surface area contributed by atoms with E-state index >= 15 is 0 Å². The van der Waals surface area contributed by atoms with Crippen LogP contribution in [0.4, 0.5) is 0 Å². The average molecular weight is 462 g/mol. The lowest BCUT2D eigenvalue weighted by Gasteiger charge is -2.33. The van der Waals surface area contributed by atoms with Crippen LogP contribution in [0.1, 0.15) is 35.5 Å². The maximum atomic E-state index is 12.9. The molecule has 3 rings (SSSR count). The van der Waals surface area contributed by atoms with Crippen molar-refractivity contribution in [3.63, 3.8) is 0 Å². The smallest absolute Gasteiger partial charge is 0.265 e. The van der Waals surface area contributed by atoms with Crippen LogP contribution >= 0.6 is 34.5 Å². The number of piperazine rings is 1. The Labute approximate surface area is 179 Å². The Bertz CT molecular complexity index is 992. The quantitative estimate of drug-likeness (QED) is 0.694. The van der Waals surface area contributed by atoms with Gasteiger partial charge in [0.2, 0.25) is 10.0 Å². The second-order valence-electron chi connectivity index (χ2n) is 7.55. The van der Waals surface area contributed by atoms with Crippen LogP contribution in [0.2, 0.25) is 10.0 Å². The van der Waals surface area contributed by atoms with Crippen LogP contribution < -0.4 is 0 Å². The lowest BCUT2D eigenvalue weighted by molar-refractivity contribution is 0.0702. The molecular formula is C18H21Cl2N3O3S2. The molecule has 0 saturated carbocycles. The summed E-state index contributed by atoms with van der Waals surface area (Å²) in [5, 5.41) is 1.33. The van der Waals surface area contributed by atoms with Gasteiger partial charge in [-0.05, 0) is 18.2 Å². The lowest BCUT2D eigenvalue weighted by atomic mass is 9.98. The van der Waals surface area contributed by atoms with E-state index in [2.05, 4.69) is 4.98 Å². The molecule has 10 heteroatoms. The highest BCUT2D eigenvalue weighted by Crippen LogP contribution is 2.30. The third kappa shape index (κ3) is 4.36. The zero-order valence-electron chi connectivity index (χ0n) is 15.8. The van der Waals surface area contributed by atoms with Gasteiger partial charge < -0.3 is 4.90 Å². The first kappa shape index (κ1) is 21.5. The first-order valence-corrected chi connectivity index (χ1v) is 11.7. The van der Waals surface area contributed by atoms with Crippen molar-refractivity contribution in [1.82, 2.24) is 14.2 Å². The molecular weight excluding hydrogens is 441 g/mol. The van der Waals surface area contributed by atoms with Crippen molar-refractivity contribution in [2.45, 2.75) is 31.1 Å². The van der Waals surface area contributed by atoms with Gasteiger partial charge in [0.1, 0.15) is 9.77 Å². The lowest BCUT2D eigenvalue weighted by Crippen LogP contribution is -2.50. The molecule has 2 aromatic rings. The fourth-order valence-electron chi connectivity index (χ4n) is 2.82. The van der Waals surface area contributed by atoms with Crippen LogP contribution in [0.15, 0.2) is 29.3 Å². The van der Waals surface area contributed by atoms with Crippen LogP contribution in [-0.2, 0) is 15.4 Å². The Hall–Kier alpha value is -1.19. The van der Waals surface area contributed by atoms with E-state index in [-0.39, 0.29) is 34.3 Å². The summed E-state index contributed by atoms with van der Waals surface area (Å²) in [6, 6.07) is 4.36. The second kappa shape index (κ2) is 7.91. The zero-order chi connectivity index (χ0) is 20.7. The van der Waals surface area contributed by atoms with Crippen molar-refractivity contribution >= 4 is 50.5 Å². The monoisotopic (exact) mass is 461 g/mol. The van der Waals surface area contributed by atoms with Gasteiger partial charge in [0.05, 0.1) is 16.2 Å². The molecule has 1 aliphatic rings. The molecule has 0 bridgehead atoms. The van der Waals surface area contributed by atoms with Gasteiger partial charge in [0.15, 0.2) is 0 Å². The summed E-state index contributed by atoms with van der Waals surface area (Å²) in [5.41, 5.74) is -0.119. The number of hydrogen-bond donors (Lipinski definition) is 0. The van der Waals surface area contributed by atoms with Crippen molar-refractivity contribution in [2.75, 3.05) is 26.2 Å². The fourth-order valence-corrected chi connectivity index (χ4v) is 5.92. The number of nitrogens with zero attached hydrogens (tertiary/aromatic N) is 3. The van der Waals surface area contributed by atoms with Gasteiger partial charge in [0, 0.05) is 36.6 Å². The molecule has 152 valence electrons. The van der Waals surface area contributed by atoms with E-state index in [0.717, 1.165) is 5.01 Å². The van der Waals surface area contributed by atoms with Gasteiger partial charge in [-0.2, -0.15) is 4.31 Å². The van der Waals surface area contributed by atoms with E-state index in [0.29, 0.717) is 23.0 Å². The molecule has 1 aromatic carbocycles. The molecule has 0 radical (unpaired) electrons. The maximum absolute atomic E-state index is 12.9. The van der Waals surface area contributed by atoms with Crippen LogP contribution in [0, 0.1) is 0 Å². The predicted octanol–water partition coefficient (Wildman–Crippen LogP) is 3.89. The topological polar surface area (TPSA) is 70.6 Å². The molecule has 0 unspecified atom stereocenters. The minimum absolute atomic E-state index is 0.0151. The Morgan fingerprint density at radius 1 is 1.14 bits per heavy atom. The molecule has 1 aliphatic heterocycles. The molecule has 2 heterocycles. The first-order valence-electron chi connectivity index (χ1n) is 8.71. The molecule has 0 N–H and O–H groups in total. The summed E-state index contributed by atoms with van der Waals surface area (Å²) < 4.78 is 27.1. The largest absolute Gasteiger partial charge is 0.335 e. The van der Waals surface area contributed by atoms with Gasteiger partial charge in [-0.15, -0.1) is 11.3 Å². The molecule has 1 fully saturated rings. The minimum Gasteiger partial charge on any atom is -0.335 e. The molecule has 1 aromatic heterocycles. The number of carbonyl (C=O) groups is 1. The van der Waals surface area contributed by atoms with Crippen LogP contribution in [0.5, 0.6) is 0 Å². The summed E-state index contributed by atoms with van der Waals surface area (Å²) in [6.07, 6.45) is 1.60. The van der Waals surface area contributed by atoms with Crippen molar-refractivity contribution in [3.05, 3.63) is 44.3 Å². The van der Waals surface area contributed by atoms with Gasteiger partial charge in [-0.1, -0.05) is 44.0 Å². The molecule has 0 atom stereocenters. The third-order valence-corrected chi connectivity index (χ3v) is 8.42. The number of benzene rings is 1. The normalized spacial score (nSPS) is 16.4. The number of carbonyl (C=O) groups excluding carboxylic acids is 1. The summed E-state index contributed by atoms with van der Waals surface area (Å²) in [7, 11) is -3.77. The summed E-state index contributed by atoms with van der Waals surface area (Å²) in [5.74, 6) is -0.120. The van der Waals surface area contributed by atoms with E-state index in [1.807, 2.05) is 20.8 Å². The number of rotatable bonds is 3. The standard InChI is InChI=1S/C18H21Cl2N3O3S2/c1-18(2,3)17-21-11-14(27-17)16(24)22-6-8-23(9-7-22)28(25,26)15-10-12(19)4-5-13(15)20/h4-5,10-11H,6-9H2,1-3H3. The number of aromatic nitrogens is 1. The highest BCUT2D eigenvalue weighted by atomic mass is 35.5. The third-order valence-electron chi connectivity index (χ3n) is 4.39. The predicted molar refractivity (Wildman–Crippen MR) is 112 cm³/mol. The van der Waals surface area contributed by atoms with E-state index in [1.165, 1.54) is 27.8 Å². The summed E-state index contributed by atoms with van der Waals surface area (Å²) in [6.45, 7) is 7.14. The Morgan fingerprint density at radius 2 is 1.79 bits per heavy atom. The second-order valence-corrected chi connectivity index (χ2v) is 11.3. The number of halogens is 2. The first-order chi connectivity index (χ1) is 13.0. The highest BCUT2D eigenvalue weighted by molar-refractivity contribution is 7.89. The number of thiazole rings is 1. The SMILES string of the molecule is CC(C)(C)c1ncc(C(=O)N2CCN(S(=O)(=O)c3cc(Cl)ccc3Cl)CC2)s1. The van der Waals surface area contributed by atoms with Crippen molar-refractivity contribution in [2.24, 2.45) is 0 Å². The van der Waals surface area contributed by atoms with Crippen molar-refractivity contribution < 1.29 is 13.2 Å². The maximum Gasteiger partial charge on any atom is 0.265 e. The molecule has 28 heavy (non-hydrogen) atoms. The molecule has 6 nitrogen and oxygen atoms in total. The van der Waals surface area contributed by atoms with E-state index in [1.54, 1.807) is 17.2 Å². The summed E-state index contributed by atoms with van der Waals surface area (Å²) in [4.78, 5) is 19.3. The van der Waals surface area contributed by atoms with Gasteiger partial charge in [0.25, 0.3) is 5.91 Å². The zero-order valence-corrected chi connectivity index (χ0v) is 18.9.